The highest BCUT2D eigenvalue weighted by molar-refractivity contribution is 7.99. The number of hydrogen-bond donors (Lipinski definition) is 1. The Hall–Kier alpha value is -2.55. The van der Waals surface area contributed by atoms with Gasteiger partial charge in [0.2, 0.25) is 0 Å². The molecule has 4 rings (SSSR count). The van der Waals surface area contributed by atoms with E-state index in [4.69, 9.17) is 0 Å². The summed E-state index contributed by atoms with van der Waals surface area (Å²) in [5.74, 6) is 1.71. The van der Waals surface area contributed by atoms with Gasteiger partial charge in [-0.3, -0.25) is 9.36 Å². The minimum absolute atomic E-state index is 0.0715. The Morgan fingerprint density at radius 3 is 2.61 bits per heavy atom. The van der Waals surface area contributed by atoms with Crippen LogP contribution in [0.15, 0.2) is 35.4 Å². The largest absolute Gasteiger partial charge is 0.363 e. The van der Waals surface area contributed by atoms with E-state index in [1.54, 1.807) is 14.0 Å². The van der Waals surface area contributed by atoms with Crippen molar-refractivity contribution in [2.75, 3.05) is 16.8 Å². The second-order valence-electron chi connectivity index (χ2n) is 7.73. The van der Waals surface area contributed by atoms with Crippen LogP contribution < -0.4 is 10.9 Å². The van der Waals surface area contributed by atoms with Crippen molar-refractivity contribution in [2.45, 2.75) is 38.2 Å². The maximum absolute atomic E-state index is 14.6. The molecule has 2 aromatic heterocycles. The summed E-state index contributed by atoms with van der Waals surface area (Å²) in [6.07, 6.45) is 0.311. The number of aromatic nitrogens is 3. The highest BCUT2D eigenvalue weighted by atomic mass is 32.2. The number of aryl methyl sites for hydroxylation is 1. The van der Waals surface area contributed by atoms with Crippen molar-refractivity contribution >= 4 is 28.6 Å². The van der Waals surface area contributed by atoms with Gasteiger partial charge in [-0.25, -0.2) is 23.1 Å². The van der Waals surface area contributed by atoms with Crippen molar-refractivity contribution in [1.29, 1.82) is 0 Å². The van der Waals surface area contributed by atoms with E-state index in [0.29, 0.717) is 16.9 Å². The second-order valence-corrected chi connectivity index (χ2v) is 8.95. The Balaban J connectivity index is 1.75. The molecule has 0 bridgehead atoms. The molecule has 9 heteroatoms. The van der Waals surface area contributed by atoms with E-state index in [1.807, 2.05) is 17.8 Å². The van der Waals surface area contributed by atoms with Gasteiger partial charge >= 0.3 is 0 Å². The molecule has 3 heterocycles. The van der Waals surface area contributed by atoms with E-state index in [1.165, 1.54) is 23.0 Å². The molecule has 3 aromatic rings. The summed E-state index contributed by atoms with van der Waals surface area (Å²) in [6.45, 7) is 1.68. The van der Waals surface area contributed by atoms with Gasteiger partial charge in [-0.15, -0.1) is 0 Å². The molecule has 1 unspecified atom stereocenters. The van der Waals surface area contributed by atoms with E-state index in [0.717, 1.165) is 36.0 Å². The minimum Gasteiger partial charge on any atom is -0.363 e. The van der Waals surface area contributed by atoms with Crippen LogP contribution in [0.5, 0.6) is 0 Å². The fourth-order valence-electron chi connectivity index (χ4n) is 4.06. The van der Waals surface area contributed by atoms with Crippen LogP contribution in [0, 0.1) is 5.82 Å². The Morgan fingerprint density at radius 2 is 1.90 bits per heavy atom. The fraction of sp³-hybridized carbons (Fsp3) is 0.409. The molecule has 1 fully saturated rings. The highest BCUT2D eigenvalue weighted by Gasteiger charge is 2.23. The molecule has 164 valence electrons. The third kappa shape index (κ3) is 4.15. The molecule has 1 N–H and O–H groups in total. The van der Waals surface area contributed by atoms with Gasteiger partial charge < -0.3 is 5.32 Å². The van der Waals surface area contributed by atoms with E-state index in [-0.39, 0.29) is 17.0 Å². The van der Waals surface area contributed by atoms with Gasteiger partial charge in [-0.1, -0.05) is 18.2 Å². The van der Waals surface area contributed by atoms with Gasteiger partial charge in [-0.2, -0.15) is 11.8 Å². The number of pyridine rings is 1. The lowest BCUT2D eigenvalue weighted by Crippen LogP contribution is -2.26. The predicted octanol–water partition coefficient (Wildman–Crippen LogP) is 5.19. The van der Waals surface area contributed by atoms with Crippen LogP contribution in [0.3, 0.4) is 0 Å². The first-order valence-corrected chi connectivity index (χ1v) is 11.3. The van der Waals surface area contributed by atoms with Gasteiger partial charge in [0.05, 0.1) is 17.0 Å². The molecule has 31 heavy (non-hydrogen) atoms. The molecule has 0 aliphatic carbocycles. The van der Waals surface area contributed by atoms with Crippen LogP contribution in [-0.4, -0.2) is 26.0 Å². The number of fused-ring (bicyclic) bond motifs is 1. The summed E-state index contributed by atoms with van der Waals surface area (Å²) in [5, 5.41) is 3.78. The summed E-state index contributed by atoms with van der Waals surface area (Å²) in [5.41, 5.74) is 0.618. The molecule has 1 aromatic carbocycles. The van der Waals surface area contributed by atoms with E-state index in [2.05, 4.69) is 15.3 Å². The van der Waals surface area contributed by atoms with Crippen molar-refractivity contribution in [3.05, 3.63) is 63.5 Å². The molecule has 5 nitrogen and oxygen atoms in total. The average Bonchev–Trinajstić information content (AvgIpc) is 2.77. The molecule has 0 saturated carbocycles. The van der Waals surface area contributed by atoms with Gasteiger partial charge in [0.1, 0.15) is 23.6 Å². The molecular formula is C22H23F3N4OS. The van der Waals surface area contributed by atoms with Crippen molar-refractivity contribution < 1.29 is 13.2 Å². The van der Waals surface area contributed by atoms with Crippen LogP contribution in [0.25, 0.3) is 11.0 Å². The lowest BCUT2D eigenvalue weighted by Gasteiger charge is -2.23. The van der Waals surface area contributed by atoms with Crippen molar-refractivity contribution in [3.8, 4) is 0 Å². The topological polar surface area (TPSA) is 59.8 Å². The van der Waals surface area contributed by atoms with E-state index >= 15 is 0 Å². The van der Waals surface area contributed by atoms with Gasteiger partial charge in [0, 0.05) is 18.2 Å². The zero-order valence-corrected chi connectivity index (χ0v) is 18.1. The molecular weight excluding hydrogens is 425 g/mol. The maximum Gasteiger partial charge on any atom is 0.266 e. The number of alkyl halides is 2. The van der Waals surface area contributed by atoms with Crippen LogP contribution in [-0.2, 0) is 7.05 Å². The number of hydrogen-bond acceptors (Lipinski definition) is 5. The standard InChI is InChI=1S/C22H23F3N4OS/c1-12(14-4-3-5-15(18(14)23)19(24)25)28-20-17-10-16(13-6-8-31-9-7-13)22(30)29(2)21(17)27-11-26-20/h3-5,10-13,19H,6-9H2,1-2H3,(H,26,27,28). The van der Waals surface area contributed by atoms with E-state index < -0.39 is 23.8 Å². The van der Waals surface area contributed by atoms with Gasteiger partial charge in [-0.05, 0) is 43.3 Å². The minimum atomic E-state index is -2.89. The zero-order valence-electron chi connectivity index (χ0n) is 17.2. The quantitative estimate of drug-likeness (QED) is 0.582. The number of thioether (sulfide) groups is 1. The van der Waals surface area contributed by atoms with Crippen molar-refractivity contribution in [3.63, 3.8) is 0 Å². The lowest BCUT2D eigenvalue weighted by atomic mass is 9.94. The van der Waals surface area contributed by atoms with Crippen LogP contribution in [0.4, 0.5) is 19.0 Å². The Labute approximate surface area is 182 Å². The number of nitrogens with zero attached hydrogens (tertiary/aromatic N) is 3. The molecule has 1 aliphatic rings. The molecule has 0 spiro atoms. The number of nitrogens with one attached hydrogen (secondary N) is 1. The fourth-order valence-corrected chi connectivity index (χ4v) is 5.17. The first kappa shape index (κ1) is 21.7. The summed E-state index contributed by atoms with van der Waals surface area (Å²) < 4.78 is 42.3. The number of rotatable bonds is 5. The van der Waals surface area contributed by atoms with Crippen molar-refractivity contribution in [2.24, 2.45) is 7.05 Å². The SMILES string of the molecule is CC(Nc1ncnc2c1cc(C1CCSCC1)c(=O)n2C)c1cccc(C(F)F)c1F. The van der Waals surface area contributed by atoms with Crippen molar-refractivity contribution in [1.82, 2.24) is 14.5 Å². The van der Waals surface area contributed by atoms with Gasteiger partial charge in [0.25, 0.3) is 12.0 Å². The summed E-state index contributed by atoms with van der Waals surface area (Å²) in [4.78, 5) is 21.5. The summed E-state index contributed by atoms with van der Waals surface area (Å²) in [6, 6.07) is 5.19. The summed E-state index contributed by atoms with van der Waals surface area (Å²) in [7, 11) is 1.68. The average molecular weight is 449 g/mol. The number of halogens is 3. The molecule has 1 atom stereocenters. The monoisotopic (exact) mass is 448 g/mol. The highest BCUT2D eigenvalue weighted by Crippen LogP contribution is 2.33. The van der Waals surface area contributed by atoms with Crippen LogP contribution in [0.1, 0.15) is 54.8 Å². The third-order valence-corrected chi connectivity index (χ3v) is 6.86. The molecule has 1 aliphatic heterocycles. The lowest BCUT2D eigenvalue weighted by molar-refractivity contribution is 0.146. The maximum atomic E-state index is 14.6. The van der Waals surface area contributed by atoms with Gasteiger partial charge in [0.15, 0.2) is 0 Å². The first-order chi connectivity index (χ1) is 14.9. The number of anilines is 1. The van der Waals surface area contributed by atoms with Crippen LogP contribution >= 0.6 is 11.8 Å². The Kier molecular flexibility index (Phi) is 6.22. The zero-order chi connectivity index (χ0) is 22.1. The van der Waals surface area contributed by atoms with Crippen LogP contribution in [0.2, 0.25) is 0 Å². The summed E-state index contributed by atoms with van der Waals surface area (Å²) >= 11 is 1.89. The first-order valence-electron chi connectivity index (χ1n) is 10.1. The Bertz CT molecular complexity index is 1160. The Morgan fingerprint density at radius 1 is 1.19 bits per heavy atom. The normalized spacial score (nSPS) is 16.1. The third-order valence-electron chi connectivity index (χ3n) is 5.81. The number of benzene rings is 1. The molecule has 1 saturated heterocycles. The molecule has 0 radical (unpaired) electrons. The second kappa shape index (κ2) is 8.90. The van der Waals surface area contributed by atoms with E-state index in [9.17, 15) is 18.0 Å². The predicted molar refractivity (Wildman–Crippen MR) is 117 cm³/mol. The smallest absolute Gasteiger partial charge is 0.266 e. The molecule has 0 amide bonds.